The average molecular weight is 481 g/mol. The van der Waals surface area contributed by atoms with Crippen molar-refractivity contribution in [1.29, 1.82) is 0 Å². The van der Waals surface area contributed by atoms with Crippen LogP contribution < -0.4 is 14.4 Å². The van der Waals surface area contributed by atoms with Crippen LogP contribution in [0.25, 0.3) is 0 Å². The van der Waals surface area contributed by atoms with E-state index in [9.17, 15) is 18.8 Å². The van der Waals surface area contributed by atoms with Gasteiger partial charge >= 0.3 is 0 Å². The highest BCUT2D eigenvalue weighted by Crippen LogP contribution is 2.34. The zero-order valence-electron chi connectivity index (χ0n) is 19.5. The maximum absolute atomic E-state index is 13.9. The molecule has 0 unspecified atom stereocenters. The molecular weight excluding hydrogens is 457 g/mol. The van der Waals surface area contributed by atoms with Crippen LogP contribution in [0.15, 0.2) is 47.1 Å². The predicted octanol–water partition coefficient (Wildman–Crippen LogP) is 3.40. The highest BCUT2D eigenvalue weighted by Gasteiger charge is 2.29. The van der Waals surface area contributed by atoms with Gasteiger partial charge < -0.3 is 18.8 Å². The number of hydrogen-bond donors (Lipinski definition) is 0. The Morgan fingerprint density at radius 1 is 1.23 bits per heavy atom. The van der Waals surface area contributed by atoms with Crippen molar-refractivity contribution >= 4 is 23.3 Å². The van der Waals surface area contributed by atoms with Gasteiger partial charge in [0.15, 0.2) is 36.3 Å². The molecule has 0 atom stereocenters. The molecular formula is C25H24FN3O6. The molecule has 2 heterocycles. The zero-order chi connectivity index (χ0) is 25.1. The largest absolute Gasteiger partial charge is 0.482 e. The highest BCUT2D eigenvalue weighted by molar-refractivity contribution is 6.02. The normalized spacial score (nSPS) is 12.7. The van der Waals surface area contributed by atoms with E-state index in [0.29, 0.717) is 18.0 Å². The summed E-state index contributed by atoms with van der Waals surface area (Å²) >= 11 is 0. The molecule has 0 saturated carbocycles. The Bertz CT molecular complexity index is 1290. The third-order valence-corrected chi connectivity index (χ3v) is 5.55. The molecule has 35 heavy (non-hydrogen) atoms. The summed E-state index contributed by atoms with van der Waals surface area (Å²) in [6, 6.07) is 9.02. The molecule has 0 fully saturated rings. The van der Waals surface area contributed by atoms with E-state index < -0.39 is 11.6 Å². The lowest BCUT2D eigenvalue weighted by molar-refractivity contribution is -0.121. The quantitative estimate of drug-likeness (QED) is 0.455. The van der Waals surface area contributed by atoms with E-state index in [-0.39, 0.29) is 54.5 Å². The van der Waals surface area contributed by atoms with Crippen LogP contribution in [0.4, 0.5) is 10.1 Å². The molecule has 0 spiro atoms. The molecule has 3 aromatic rings. The lowest BCUT2D eigenvalue weighted by Crippen LogP contribution is -2.38. The van der Waals surface area contributed by atoms with Gasteiger partial charge in [0.2, 0.25) is 5.89 Å². The van der Waals surface area contributed by atoms with Crippen LogP contribution in [0, 0.1) is 12.7 Å². The van der Waals surface area contributed by atoms with Crippen molar-refractivity contribution in [3.05, 3.63) is 71.2 Å². The molecule has 0 radical (unpaired) electrons. The van der Waals surface area contributed by atoms with Gasteiger partial charge in [-0.1, -0.05) is 6.07 Å². The molecule has 0 saturated heterocycles. The van der Waals surface area contributed by atoms with Gasteiger partial charge in [0.05, 0.1) is 5.69 Å². The number of ketones is 1. The molecule has 9 nitrogen and oxygen atoms in total. The number of aryl methyl sites for hydroxylation is 1. The minimum Gasteiger partial charge on any atom is -0.482 e. The van der Waals surface area contributed by atoms with Crippen molar-refractivity contribution in [3.8, 4) is 11.5 Å². The molecule has 0 aliphatic carbocycles. The van der Waals surface area contributed by atoms with Crippen molar-refractivity contribution in [2.24, 2.45) is 0 Å². The van der Waals surface area contributed by atoms with E-state index in [1.54, 1.807) is 32.2 Å². The number of amides is 2. The third kappa shape index (κ3) is 5.16. The topological polar surface area (TPSA) is 102 Å². The van der Waals surface area contributed by atoms with Gasteiger partial charge in [0, 0.05) is 19.2 Å². The van der Waals surface area contributed by atoms with Gasteiger partial charge in [0.25, 0.3) is 11.8 Å². The number of halogens is 1. The average Bonchev–Trinajstić information content (AvgIpc) is 3.33. The molecule has 2 aromatic carbocycles. The van der Waals surface area contributed by atoms with Crippen molar-refractivity contribution in [2.75, 3.05) is 31.7 Å². The summed E-state index contributed by atoms with van der Waals surface area (Å²) in [5.74, 6) is -1.08. The number of aromatic nitrogens is 1. The summed E-state index contributed by atoms with van der Waals surface area (Å²) in [5, 5.41) is 0. The molecule has 10 heteroatoms. The number of Topliss-reactive ketones (excluding diaryl/α,β-unsaturated/α-hetero) is 1. The van der Waals surface area contributed by atoms with Crippen LogP contribution in [-0.2, 0) is 11.3 Å². The number of hydrogen-bond acceptors (Lipinski definition) is 7. The number of ether oxygens (including phenoxy) is 2. The molecule has 4 rings (SSSR count). The number of benzene rings is 2. The Balaban J connectivity index is 1.52. The molecule has 182 valence electrons. The van der Waals surface area contributed by atoms with E-state index in [2.05, 4.69) is 4.98 Å². The molecule has 2 amide bonds. The Hall–Kier alpha value is -4.21. The molecule has 0 N–H and O–H groups in total. The first kappa shape index (κ1) is 23.9. The Morgan fingerprint density at radius 3 is 2.80 bits per heavy atom. The molecule has 1 aliphatic rings. The van der Waals surface area contributed by atoms with Gasteiger partial charge in [-0.05, 0) is 49.7 Å². The minimum absolute atomic E-state index is 0.0144. The fourth-order valence-corrected chi connectivity index (χ4v) is 3.45. The van der Waals surface area contributed by atoms with Gasteiger partial charge in [-0.3, -0.25) is 19.3 Å². The number of carbonyl (C=O) groups is 3. The lowest BCUT2D eigenvalue weighted by atomic mass is 10.1. The summed E-state index contributed by atoms with van der Waals surface area (Å²) in [6.45, 7) is 3.50. The number of oxazole rings is 1. The van der Waals surface area contributed by atoms with Crippen LogP contribution in [0.3, 0.4) is 0 Å². The van der Waals surface area contributed by atoms with E-state index in [1.165, 1.54) is 34.3 Å². The van der Waals surface area contributed by atoms with Crippen LogP contribution >= 0.6 is 0 Å². The number of carbonyl (C=O) groups excluding carboxylic acids is 3. The maximum atomic E-state index is 13.9. The van der Waals surface area contributed by atoms with Gasteiger partial charge in [-0.15, -0.1) is 0 Å². The van der Waals surface area contributed by atoms with E-state index >= 15 is 0 Å². The summed E-state index contributed by atoms with van der Waals surface area (Å²) in [6.07, 6.45) is 1.25. The first-order valence-electron chi connectivity index (χ1n) is 11.0. The standard InChI is InChI=1S/C25H24FN3O6/c1-4-28(3)25(32)18-12-35-23(27-18)11-29-19-10-16(6-8-21(19)34-14-24(29)31)20(30)13-33-22-9-15(2)5-7-17(22)26/h5-10,12H,4,11,13-14H2,1-3H3. The lowest BCUT2D eigenvalue weighted by Gasteiger charge is -2.28. The van der Waals surface area contributed by atoms with Gasteiger partial charge in [-0.2, -0.15) is 0 Å². The minimum atomic E-state index is -0.562. The fourth-order valence-electron chi connectivity index (χ4n) is 3.45. The highest BCUT2D eigenvalue weighted by atomic mass is 19.1. The summed E-state index contributed by atoms with van der Waals surface area (Å²) in [5.41, 5.74) is 1.54. The van der Waals surface area contributed by atoms with Gasteiger partial charge in [-0.25, -0.2) is 9.37 Å². The van der Waals surface area contributed by atoms with E-state index in [0.717, 1.165) is 5.56 Å². The molecule has 1 aliphatic heterocycles. The molecule has 1 aromatic heterocycles. The van der Waals surface area contributed by atoms with Crippen LogP contribution in [0.5, 0.6) is 11.5 Å². The monoisotopic (exact) mass is 481 g/mol. The summed E-state index contributed by atoms with van der Waals surface area (Å²) in [7, 11) is 1.65. The fraction of sp³-hybridized carbons (Fsp3) is 0.280. The second kappa shape index (κ2) is 9.96. The Kier molecular flexibility index (Phi) is 6.81. The number of nitrogens with zero attached hydrogens (tertiary/aromatic N) is 3. The second-order valence-corrected chi connectivity index (χ2v) is 8.04. The summed E-state index contributed by atoms with van der Waals surface area (Å²) < 4.78 is 30.2. The van der Waals surface area contributed by atoms with E-state index in [1.807, 2.05) is 6.92 Å². The number of fused-ring (bicyclic) bond motifs is 1. The van der Waals surface area contributed by atoms with Crippen LogP contribution in [-0.4, -0.2) is 54.3 Å². The number of anilines is 1. The van der Waals surface area contributed by atoms with E-state index in [4.69, 9.17) is 13.9 Å². The van der Waals surface area contributed by atoms with Crippen molar-refractivity contribution < 1.29 is 32.7 Å². The first-order chi connectivity index (χ1) is 16.8. The Morgan fingerprint density at radius 2 is 2.03 bits per heavy atom. The third-order valence-electron chi connectivity index (χ3n) is 5.55. The van der Waals surface area contributed by atoms with Crippen molar-refractivity contribution in [2.45, 2.75) is 20.4 Å². The zero-order valence-corrected chi connectivity index (χ0v) is 19.5. The molecule has 0 bridgehead atoms. The Labute approximate surface area is 201 Å². The maximum Gasteiger partial charge on any atom is 0.275 e. The van der Waals surface area contributed by atoms with Crippen molar-refractivity contribution in [3.63, 3.8) is 0 Å². The van der Waals surface area contributed by atoms with Crippen LogP contribution in [0.2, 0.25) is 0 Å². The second-order valence-electron chi connectivity index (χ2n) is 8.04. The smallest absolute Gasteiger partial charge is 0.275 e. The summed E-state index contributed by atoms with van der Waals surface area (Å²) in [4.78, 5) is 44.7. The predicted molar refractivity (Wildman–Crippen MR) is 123 cm³/mol. The van der Waals surface area contributed by atoms with Gasteiger partial charge in [0.1, 0.15) is 18.6 Å². The first-order valence-corrected chi connectivity index (χ1v) is 11.0. The van der Waals surface area contributed by atoms with Crippen LogP contribution in [0.1, 0.15) is 39.2 Å². The van der Waals surface area contributed by atoms with Crippen molar-refractivity contribution in [1.82, 2.24) is 9.88 Å². The SMILES string of the molecule is CCN(C)C(=O)c1coc(CN2C(=O)COc3ccc(C(=O)COc4cc(C)ccc4F)cc32)n1. The number of rotatable bonds is 8.